The monoisotopic (exact) mass is 250 g/mol. The molecule has 2 fully saturated rings. The molecule has 0 nitrogen and oxygen atoms in total. The van der Waals surface area contributed by atoms with Crippen LogP contribution in [0.3, 0.4) is 0 Å². The van der Waals surface area contributed by atoms with E-state index in [4.69, 9.17) is 0 Å². The molecular formula is C18H34. The molecule has 0 aromatic carbocycles. The lowest BCUT2D eigenvalue weighted by molar-refractivity contribution is -0.0299. The molecule has 0 saturated heterocycles. The zero-order chi connectivity index (χ0) is 13.6. The van der Waals surface area contributed by atoms with Gasteiger partial charge in [0.05, 0.1) is 0 Å². The highest BCUT2D eigenvalue weighted by Crippen LogP contribution is 2.55. The van der Waals surface area contributed by atoms with Crippen LogP contribution in [-0.2, 0) is 0 Å². The Hall–Kier alpha value is 0. The van der Waals surface area contributed by atoms with Gasteiger partial charge < -0.3 is 0 Å². The van der Waals surface area contributed by atoms with Gasteiger partial charge in [-0.3, -0.25) is 0 Å². The van der Waals surface area contributed by atoms with Gasteiger partial charge in [-0.1, -0.05) is 67.2 Å². The third-order valence-electron chi connectivity index (χ3n) is 5.89. The molecule has 0 N–H and O–H groups in total. The van der Waals surface area contributed by atoms with Crippen molar-refractivity contribution in [1.82, 2.24) is 0 Å². The van der Waals surface area contributed by atoms with E-state index in [9.17, 15) is 0 Å². The minimum Gasteiger partial charge on any atom is -0.0599 e. The maximum atomic E-state index is 2.47. The first-order valence-corrected chi connectivity index (χ1v) is 8.19. The van der Waals surface area contributed by atoms with Crippen LogP contribution in [0.5, 0.6) is 0 Å². The molecule has 2 rings (SSSR count). The largest absolute Gasteiger partial charge is 0.0599 e. The molecule has 0 aliphatic heterocycles. The van der Waals surface area contributed by atoms with Gasteiger partial charge in [0.1, 0.15) is 0 Å². The zero-order valence-electron chi connectivity index (χ0n) is 13.6. The van der Waals surface area contributed by atoms with Gasteiger partial charge in [0, 0.05) is 0 Å². The summed E-state index contributed by atoms with van der Waals surface area (Å²) in [4.78, 5) is 0. The minimum absolute atomic E-state index is 0.486. The van der Waals surface area contributed by atoms with Crippen molar-refractivity contribution in [2.75, 3.05) is 0 Å². The van der Waals surface area contributed by atoms with E-state index < -0.39 is 0 Å². The van der Waals surface area contributed by atoms with Gasteiger partial charge >= 0.3 is 0 Å². The van der Waals surface area contributed by atoms with Crippen LogP contribution < -0.4 is 0 Å². The first-order valence-electron chi connectivity index (χ1n) is 8.19. The Labute approximate surface area is 115 Å². The summed E-state index contributed by atoms with van der Waals surface area (Å²) < 4.78 is 0. The lowest BCUT2D eigenvalue weighted by Crippen LogP contribution is -2.44. The number of fused-ring (bicyclic) bond motifs is 1. The van der Waals surface area contributed by atoms with Crippen LogP contribution >= 0.6 is 0 Å². The molecule has 0 bridgehead atoms. The van der Waals surface area contributed by atoms with Gasteiger partial charge in [-0.2, -0.15) is 0 Å². The van der Waals surface area contributed by atoms with Crippen molar-refractivity contribution in [3.05, 3.63) is 0 Å². The van der Waals surface area contributed by atoms with Crippen LogP contribution in [0.25, 0.3) is 0 Å². The Morgan fingerprint density at radius 1 is 0.611 bits per heavy atom. The summed E-state index contributed by atoms with van der Waals surface area (Å²) in [5.74, 6) is 3.97. The second-order valence-corrected chi connectivity index (χ2v) is 9.22. The Bertz CT molecular complexity index is 245. The van der Waals surface area contributed by atoms with Crippen molar-refractivity contribution in [3.63, 3.8) is 0 Å². The van der Waals surface area contributed by atoms with E-state index in [-0.39, 0.29) is 0 Å². The normalized spacial score (nSPS) is 38.3. The fourth-order valence-corrected chi connectivity index (χ4v) is 4.80. The summed E-state index contributed by atoms with van der Waals surface area (Å²) in [6.07, 6.45) is 9.06. The Kier molecular flexibility index (Phi) is 3.87. The van der Waals surface area contributed by atoms with E-state index in [0.29, 0.717) is 10.8 Å². The highest BCUT2D eigenvalue weighted by atomic mass is 14.5. The maximum absolute atomic E-state index is 2.47. The molecule has 0 spiro atoms. The molecule has 2 saturated carbocycles. The average Bonchev–Trinajstić information content (AvgIpc) is 2.25. The van der Waals surface area contributed by atoms with Gasteiger partial charge in [0.15, 0.2) is 0 Å². The minimum atomic E-state index is 0.486. The van der Waals surface area contributed by atoms with Crippen LogP contribution in [0, 0.1) is 34.5 Å². The summed E-state index contributed by atoms with van der Waals surface area (Å²) in [5, 5.41) is 0. The van der Waals surface area contributed by atoms with Gasteiger partial charge in [-0.15, -0.1) is 0 Å². The van der Waals surface area contributed by atoms with Crippen molar-refractivity contribution in [1.29, 1.82) is 0 Å². The van der Waals surface area contributed by atoms with Crippen molar-refractivity contribution >= 4 is 0 Å². The fraction of sp³-hybridized carbons (Fsp3) is 1.00. The van der Waals surface area contributed by atoms with Crippen molar-refractivity contribution in [2.24, 2.45) is 34.5 Å². The number of rotatable bonds is 0. The van der Waals surface area contributed by atoms with E-state index in [2.05, 4.69) is 41.5 Å². The quantitative estimate of drug-likeness (QED) is 0.501. The summed E-state index contributed by atoms with van der Waals surface area (Å²) in [6.45, 7) is 14.8. The fourth-order valence-electron chi connectivity index (χ4n) is 4.80. The second kappa shape index (κ2) is 4.84. The molecule has 4 atom stereocenters. The molecule has 2 aliphatic carbocycles. The summed E-state index contributed by atoms with van der Waals surface area (Å²) in [6, 6.07) is 0. The summed E-state index contributed by atoms with van der Waals surface area (Å²) in [7, 11) is 0. The molecule has 2 aliphatic rings. The summed E-state index contributed by atoms with van der Waals surface area (Å²) in [5.41, 5.74) is 0.973. The smallest absolute Gasteiger partial charge is 0.0329 e. The first-order chi connectivity index (χ1) is 8.19. The predicted molar refractivity (Wildman–Crippen MR) is 80.6 cm³/mol. The van der Waals surface area contributed by atoms with E-state index >= 15 is 0 Å². The zero-order valence-corrected chi connectivity index (χ0v) is 13.6. The van der Waals surface area contributed by atoms with Gasteiger partial charge in [-0.05, 0) is 47.3 Å². The lowest BCUT2D eigenvalue weighted by Gasteiger charge is -2.53. The molecule has 0 aromatic rings. The second-order valence-electron chi connectivity index (χ2n) is 9.22. The van der Waals surface area contributed by atoms with Gasteiger partial charge in [0.25, 0.3) is 0 Å². The van der Waals surface area contributed by atoms with E-state index in [1.807, 2.05) is 0 Å². The van der Waals surface area contributed by atoms with Crippen molar-refractivity contribution in [2.45, 2.75) is 80.1 Å². The molecule has 18 heavy (non-hydrogen) atoms. The molecule has 0 heteroatoms. The first kappa shape index (κ1) is 14.4. The lowest BCUT2D eigenvalue weighted by atomic mass is 9.53. The SMILES string of the molecule is CC(C)(C)C1CC2CCCCC2CC1C(C)(C)C. The predicted octanol–water partition coefficient (Wildman–Crippen LogP) is 5.91. The molecule has 0 amide bonds. The molecule has 106 valence electrons. The van der Waals surface area contributed by atoms with Crippen molar-refractivity contribution < 1.29 is 0 Å². The molecule has 0 radical (unpaired) electrons. The molecule has 4 unspecified atom stereocenters. The Morgan fingerprint density at radius 2 is 0.944 bits per heavy atom. The topological polar surface area (TPSA) is 0 Å². The molecular weight excluding hydrogens is 216 g/mol. The van der Waals surface area contributed by atoms with Crippen LogP contribution in [0.4, 0.5) is 0 Å². The standard InChI is InChI=1S/C18H34/c1-17(2,3)15-11-13-9-7-8-10-14(13)12-16(15)18(4,5)6/h13-16H,7-12H2,1-6H3. The van der Waals surface area contributed by atoms with Crippen LogP contribution in [0.15, 0.2) is 0 Å². The van der Waals surface area contributed by atoms with Crippen LogP contribution in [0.2, 0.25) is 0 Å². The van der Waals surface area contributed by atoms with Gasteiger partial charge in [0.2, 0.25) is 0 Å². The van der Waals surface area contributed by atoms with E-state index in [0.717, 1.165) is 23.7 Å². The molecule has 0 aromatic heterocycles. The number of hydrogen-bond donors (Lipinski definition) is 0. The van der Waals surface area contributed by atoms with Crippen LogP contribution in [0.1, 0.15) is 80.1 Å². The molecule has 0 heterocycles. The average molecular weight is 250 g/mol. The Morgan fingerprint density at radius 3 is 1.22 bits per heavy atom. The summed E-state index contributed by atoms with van der Waals surface area (Å²) >= 11 is 0. The maximum Gasteiger partial charge on any atom is -0.0329 e. The third kappa shape index (κ3) is 2.94. The van der Waals surface area contributed by atoms with E-state index in [1.165, 1.54) is 38.5 Å². The number of hydrogen-bond acceptors (Lipinski definition) is 0. The third-order valence-corrected chi connectivity index (χ3v) is 5.89. The van der Waals surface area contributed by atoms with Gasteiger partial charge in [-0.25, -0.2) is 0 Å². The van der Waals surface area contributed by atoms with Crippen molar-refractivity contribution in [3.8, 4) is 0 Å². The Balaban J connectivity index is 2.20. The highest BCUT2D eigenvalue weighted by molar-refractivity contribution is 4.95. The van der Waals surface area contributed by atoms with Crippen LogP contribution in [-0.4, -0.2) is 0 Å². The van der Waals surface area contributed by atoms with E-state index in [1.54, 1.807) is 0 Å². The highest BCUT2D eigenvalue weighted by Gasteiger charge is 2.46.